The van der Waals surface area contributed by atoms with Crippen molar-refractivity contribution in [3.8, 4) is 11.8 Å². The summed E-state index contributed by atoms with van der Waals surface area (Å²) >= 11 is 0. The molecule has 11 heteroatoms. The lowest BCUT2D eigenvalue weighted by Gasteiger charge is -2.30. The number of nitrogens with zero attached hydrogens (tertiary/aromatic N) is 3. The average Bonchev–Trinajstić information content (AvgIpc) is 2.73. The molecular formula is C28H42FN3O7. The summed E-state index contributed by atoms with van der Waals surface area (Å²) in [5.41, 5.74) is -2.68. The van der Waals surface area contributed by atoms with Gasteiger partial charge in [0.25, 0.3) is 0 Å². The van der Waals surface area contributed by atoms with Crippen molar-refractivity contribution < 1.29 is 37.7 Å². The molecule has 0 fully saturated rings. The molecule has 0 aliphatic rings. The van der Waals surface area contributed by atoms with Crippen LogP contribution in [0.2, 0.25) is 0 Å². The molecule has 0 saturated heterocycles. The zero-order valence-electron chi connectivity index (χ0n) is 24.9. The fraction of sp³-hybridized carbons (Fsp3) is 0.643. The van der Waals surface area contributed by atoms with Gasteiger partial charge in [-0.2, -0.15) is 5.26 Å². The number of benzene rings is 1. The van der Waals surface area contributed by atoms with Gasteiger partial charge in [-0.05, 0) is 88.3 Å². The topological polar surface area (TPSA) is 118 Å². The maximum atomic E-state index is 14.6. The Balaban J connectivity index is 3.34. The molecule has 218 valence electrons. The minimum absolute atomic E-state index is 0.107. The van der Waals surface area contributed by atoms with Gasteiger partial charge in [0.1, 0.15) is 40.5 Å². The van der Waals surface area contributed by atoms with Gasteiger partial charge in [-0.25, -0.2) is 23.7 Å². The third-order valence-electron chi connectivity index (χ3n) is 4.71. The largest absolute Gasteiger partial charge is 0.488 e. The molecule has 3 amide bonds. The summed E-state index contributed by atoms with van der Waals surface area (Å²) in [5.74, 6) is -0.673. The molecule has 0 heterocycles. The number of halogens is 1. The van der Waals surface area contributed by atoms with Gasteiger partial charge in [0.05, 0.1) is 18.7 Å². The summed E-state index contributed by atoms with van der Waals surface area (Å²) in [6.07, 6.45) is -3.33. The molecule has 1 aromatic carbocycles. The first-order valence-electron chi connectivity index (χ1n) is 12.8. The highest BCUT2D eigenvalue weighted by molar-refractivity contribution is 5.88. The van der Waals surface area contributed by atoms with E-state index in [9.17, 15) is 24.0 Å². The minimum Gasteiger partial charge on any atom is -0.488 e. The average molecular weight is 552 g/mol. The summed E-state index contributed by atoms with van der Waals surface area (Å²) in [7, 11) is 0. The van der Waals surface area contributed by atoms with Crippen LogP contribution in [0, 0.1) is 17.1 Å². The number of ether oxygens (including phenoxy) is 4. The molecule has 1 aromatic rings. The zero-order valence-corrected chi connectivity index (χ0v) is 24.9. The summed E-state index contributed by atoms with van der Waals surface area (Å²) in [6.45, 7) is 18.2. The van der Waals surface area contributed by atoms with Crippen LogP contribution in [0.15, 0.2) is 12.1 Å². The van der Waals surface area contributed by atoms with Gasteiger partial charge < -0.3 is 23.8 Å². The minimum atomic E-state index is -0.925. The summed E-state index contributed by atoms with van der Waals surface area (Å²) in [4.78, 5) is 40.5. The van der Waals surface area contributed by atoms with Crippen molar-refractivity contribution in [3.05, 3.63) is 29.1 Å². The number of hydrogen-bond acceptors (Lipinski definition) is 8. The Bertz CT molecular complexity index is 1050. The summed E-state index contributed by atoms with van der Waals surface area (Å²) < 4.78 is 36.8. The van der Waals surface area contributed by atoms with Gasteiger partial charge in [0.15, 0.2) is 0 Å². The molecule has 0 spiro atoms. The van der Waals surface area contributed by atoms with E-state index < -0.39 is 47.0 Å². The lowest BCUT2D eigenvalue weighted by atomic mass is 10.1. The maximum absolute atomic E-state index is 14.6. The van der Waals surface area contributed by atoms with Crippen molar-refractivity contribution in [2.45, 2.75) is 106 Å². The first-order valence-corrected chi connectivity index (χ1v) is 12.8. The number of carbonyl (C=O) groups excluding carboxylic acids is 3. The SMILES string of the molecule is CCN(Cc1c(O[C@@H](C)CN(C(=O)OC(C)(C)C)C(=O)OC(C)(C)C)ccc(F)c1C#N)C(=O)OC(C)(C)C. The Morgan fingerprint density at radius 1 is 0.897 bits per heavy atom. The van der Waals surface area contributed by atoms with E-state index in [1.807, 2.05) is 6.07 Å². The highest BCUT2D eigenvalue weighted by Crippen LogP contribution is 2.28. The van der Waals surface area contributed by atoms with E-state index in [1.54, 1.807) is 76.2 Å². The van der Waals surface area contributed by atoms with Crippen molar-refractivity contribution in [2.24, 2.45) is 0 Å². The van der Waals surface area contributed by atoms with Crippen LogP contribution in [0.4, 0.5) is 18.8 Å². The van der Waals surface area contributed by atoms with E-state index in [1.165, 1.54) is 11.0 Å². The third-order valence-corrected chi connectivity index (χ3v) is 4.71. The number of rotatable bonds is 7. The van der Waals surface area contributed by atoms with E-state index in [0.717, 1.165) is 11.0 Å². The zero-order chi connectivity index (χ0) is 30.3. The smallest absolute Gasteiger partial charge is 0.419 e. The van der Waals surface area contributed by atoms with E-state index in [4.69, 9.17) is 18.9 Å². The Kier molecular flexibility index (Phi) is 11.2. The fourth-order valence-electron chi connectivity index (χ4n) is 3.18. The standard InChI is InChI=1S/C28H42FN3O7/c1-12-31(23(33)37-26(3,4)5)17-20-19(15-30)21(29)13-14-22(20)36-18(2)16-32(24(34)38-27(6,7)8)25(35)39-28(9,10)11/h13-14,18H,12,16-17H2,1-11H3/t18-/m0/s1. The lowest BCUT2D eigenvalue weighted by molar-refractivity contribution is -0.00499. The van der Waals surface area contributed by atoms with E-state index in [2.05, 4.69) is 0 Å². The molecule has 1 rings (SSSR count). The molecule has 0 aliphatic carbocycles. The predicted molar refractivity (Wildman–Crippen MR) is 143 cm³/mol. The number of amides is 3. The Labute approximate surface area is 230 Å². The Morgan fingerprint density at radius 3 is 1.77 bits per heavy atom. The Hall–Kier alpha value is -3.55. The molecule has 0 aliphatic heterocycles. The summed E-state index contributed by atoms with van der Waals surface area (Å²) in [6, 6.07) is 4.24. The van der Waals surface area contributed by atoms with Gasteiger partial charge in [0, 0.05) is 12.1 Å². The molecule has 1 atom stereocenters. The molecule has 39 heavy (non-hydrogen) atoms. The van der Waals surface area contributed by atoms with Crippen LogP contribution in [0.1, 0.15) is 87.3 Å². The quantitative estimate of drug-likeness (QED) is 0.358. The van der Waals surface area contributed by atoms with Crippen molar-refractivity contribution in [1.29, 1.82) is 5.26 Å². The van der Waals surface area contributed by atoms with E-state index in [0.29, 0.717) is 0 Å². The molecule has 0 bridgehead atoms. The first-order chi connectivity index (χ1) is 17.7. The van der Waals surface area contributed by atoms with Gasteiger partial charge in [-0.3, -0.25) is 0 Å². The molecular weight excluding hydrogens is 509 g/mol. The van der Waals surface area contributed by atoms with Gasteiger partial charge >= 0.3 is 18.3 Å². The molecule has 0 N–H and O–H groups in total. The second-order valence-corrected chi connectivity index (χ2v) is 12.0. The molecule has 0 aromatic heterocycles. The Morgan fingerprint density at radius 2 is 1.36 bits per heavy atom. The number of hydrogen-bond donors (Lipinski definition) is 0. The van der Waals surface area contributed by atoms with Crippen LogP contribution in [-0.4, -0.2) is 64.1 Å². The van der Waals surface area contributed by atoms with Crippen molar-refractivity contribution in [2.75, 3.05) is 13.1 Å². The van der Waals surface area contributed by atoms with Crippen molar-refractivity contribution >= 4 is 18.3 Å². The molecule has 0 unspecified atom stereocenters. The van der Waals surface area contributed by atoms with Crippen LogP contribution in [-0.2, 0) is 20.8 Å². The monoisotopic (exact) mass is 551 g/mol. The third kappa shape index (κ3) is 11.4. The normalized spacial score (nSPS) is 12.6. The van der Waals surface area contributed by atoms with Crippen molar-refractivity contribution in [3.63, 3.8) is 0 Å². The van der Waals surface area contributed by atoms with Gasteiger partial charge in [-0.15, -0.1) is 0 Å². The highest BCUT2D eigenvalue weighted by atomic mass is 19.1. The van der Waals surface area contributed by atoms with Crippen LogP contribution >= 0.6 is 0 Å². The van der Waals surface area contributed by atoms with Crippen LogP contribution in [0.5, 0.6) is 5.75 Å². The number of imide groups is 1. The number of nitriles is 1. The first kappa shape index (κ1) is 33.5. The second-order valence-electron chi connectivity index (χ2n) is 12.0. The van der Waals surface area contributed by atoms with Crippen LogP contribution in [0.3, 0.4) is 0 Å². The molecule has 0 saturated carbocycles. The van der Waals surface area contributed by atoms with Gasteiger partial charge in [-0.1, -0.05) is 0 Å². The molecule has 0 radical (unpaired) electrons. The predicted octanol–water partition coefficient (Wildman–Crippen LogP) is 6.39. The highest BCUT2D eigenvalue weighted by Gasteiger charge is 2.33. The number of carbonyl (C=O) groups is 3. The molecule has 10 nitrogen and oxygen atoms in total. The van der Waals surface area contributed by atoms with Crippen LogP contribution < -0.4 is 4.74 Å². The lowest BCUT2D eigenvalue weighted by Crippen LogP contribution is -2.47. The van der Waals surface area contributed by atoms with Crippen LogP contribution in [0.25, 0.3) is 0 Å². The van der Waals surface area contributed by atoms with E-state index in [-0.39, 0.29) is 36.5 Å². The second kappa shape index (κ2) is 13.0. The van der Waals surface area contributed by atoms with E-state index >= 15 is 0 Å². The summed E-state index contributed by atoms with van der Waals surface area (Å²) in [5, 5.41) is 9.66. The van der Waals surface area contributed by atoms with Crippen molar-refractivity contribution in [1.82, 2.24) is 9.80 Å². The fourth-order valence-corrected chi connectivity index (χ4v) is 3.18. The maximum Gasteiger partial charge on any atom is 0.419 e. The van der Waals surface area contributed by atoms with Gasteiger partial charge in [0.2, 0.25) is 0 Å².